The first-order valence-corrected chi connectivity index (χ1v) is 9.99. The van der Waals surface area contributed by atoms with E-state index in [1.165, 1.54) is 31.2 Å². The van der Waals surface area contributed by atoms with E-state index in [1.807, 2.05) is 0 Å². The van der Waals surface area contributed by atoms with Crippen LogP contribution in [0.25, 0.3) is 11.3 Å². The van der Waals surface area contributed by atoms with Crippen LogP contribution in [0, 0.1) is 5.41 Å². The molecular weight excluding hydrogens is 421 g/mol. The van der Waals surface area contributed by atoms with Crippen LogP contribution < -0.4 is 10.1 Å². The number of hydrogen-bond donors (Lipinski definition) is 1. The van der Waals surface area contributed by atoms with E-state index < -0.39 is 36.4 Å². The van der Waals surface area contributed by atoms with E-state index in [0.717, 1.165) is 24.8 Å². The van der Waals surface area contributed by atoms with Gasteiger partial charge >= 0.3 is 6.36 Å². The van der Waals surface area contributed by atoms with Crippen molar-refractivity contribution in [2.45, 2.75) is 57.2 Å². The zero-order chi connectivity index (χ0) is 22.6. The molecule has 1 aromatic heterocycles. The summed E-state index contributed by atoms with van der Waals surface area (Å²) in [6.45, 7) is 1.51. The van der Waals surface area contributed by atoms with Crippen LogP contribution in [0.5, 0.6) is 5.75 Å². The van der Waals surface area contributed by atoms with Gasteiger partial charge in [-0.05, 0) is 43.0 Å². The molecule has 0 bridgehead atoms. The number of nitrogens with one attached hydrogen (secondary N) is 1. The van der Waals surface area contributed by atoms with E-state index in [1.54, 1.807) is 11.7 Å². The van der Waals surface area contributed by atoms with Gasteiger partial charge in [-0.1, -0.05) is 13.3 Å². The third kappa shape index (κ3) is 4.24. The molecule has 2 aliphatic rings. The van der Waals surface area contributed by atoms with Crippen molar-refractivity contribution in [2.75, 3.05) is 5.32 Å². The van der Waals surface area contributed by atoms with Gasteiger partial charge in [0.25, 0.3) is 0 Å². The smallest absolute Gasteiger partial charge is 0.406 e. The van der Waals surface area contributed by atoms with Gasteiger partial charge in [0.15, 0.2) is 5.82 Å². The minimum Gasteiger partial charge on any atom is -0.406 e. The summed E-state index contributed by atoms with van der Waals surface area (Å²) in [5.74, 6) is -3.23. The zero-order valence-electron chi connectivity index (χ0n) is 17.0. The average Bonchev–Trinajstić information content (AvgIpc) is 2.87. The quantitative estimate of drug-likeness (QED) is 0.610. The molecule has 0 atom stereocenters. The van der Waals surface area contributed by atoms with E-state index >= 15 is 0 Å². The van der Waals surface area contributed by atoms with Crippen molar-refractivity contribution >= 4 is 11.7 Å². The van der Waals surface area contributed by atoms with Crippen molar-refractivity contribution in [3.05, 3.63) is 29.8 Å². The first-order chi connectivity index (χ1) is 14.4. The first-order valence-electron chi connectivity index (χ1n) is 9.99. The van der Waals surface area contributed by atoms with E-state index in [4.69, 9.17) is 0 Å². The Bertz CT molecular complexity index is 986. The highest BCUT2D eigenvalue weighted by atomic mass is 19.4. The lowest BCUT2D eigenvalue weighted by atomic mass is 9.67. The highest BCUT2D eigenvalue weighted by Crippen LogP contribution is 2.52. The van der Waals surface area contributed by atoms with E-state index in [9.17, 15) is 26.7 Å². The second-order valence-electron chi connectivity index (χ2n) is 8.66. The minimum atomic E-state index is -4.78. The third-order valence-electron chi connectivity index (χ3n) is 6.04. The van der Waals surface area contributed by atoms with Gasteiger partial charge in [-0.15, -0.1) is 13.2 Å². The molecule has 0 aliphatic heterocycles. The largest absolute Gasteiger partial charge is 0.573 e. The lowest BCUT2D eigenvalue weighted by molar-refractivity contribution is -0.274. The number of aromatic nitrogens is 2. The number of carbonyl (C=O) groups excluding carboxylic acids is 1. The van der Waals surface area contributed by atoms with Gasteiger partial charge < -0.3 is 10.1 Å². The van der Waals surface area contributed by atoms with E-state index in [0.29, 0.717) is 17.1 Å². The molecule has 10 heteroatoms. The van der Waals surface area contributed by atoms with Crippen LogP contribution in [-0.4, -0.2) is 28.0 Å². The van der Waals surface area contributed by atoms with Crippen molar-refractivity contribution in [3.8, 4) is 17.0 Å². The SMILES string of the molecule is Cn1nc(NC(=O)C2(C)CC(F)(F)C2)c(C2CCC2)c1-c1ccc(OC(F)(F)F)cc1. The maximum atomic E-state index is 13.3. The van der Waals surface area contributed by atoms with Crippen LogP contribution >= 0.6 is 0 Å². The maximum absolute atomic E-state index is 13.3. The maximum Gasteiger partial charge on any atom is 0.573 e. The average molecular weight is 443 g/mol. The lowest BCUT2D eigenvalue weighted by Crippen LogP contribution is -2.51. The summed E-state index contributed by atoms with van der Waals surface area (Å²) in [7, 11) is 1.67. The summed E-state index contributed by atoms with van der Waals surface area (Å²) in [4.78, 5) is 12.7. The molecule has 1 heterocycles. The Hall–Kier alpha value is -2.65. The normalized spacial score (nSPS) is 20.0. The molecule has 1 aromatic carbocycles. The van der Waals surface area contributed by atoms with E-state index in [2.05, 4.69) is 15.2 Å². The molecule has 1 N–H and O–H groups in total. The predicted molar refractivity (Wildman–Crippen MR) is 103 cm³/mol. The van der Waals surface area contributed by atoms with Crippen LogP contribution in [0.3, 0.4) is 0 Å². The fraction of sp³-hybridized carbons (Fsp3) is 0.524. The van der Waals surface area contributed by atoms with Crippen molar-refractivity contribution in [2.24, 2.45) is 12.5 Å². The summed E-state index contributed by atoms with van der Waals surface area (Å²) in [6, 6.07) is 5.44. The zero-order valence-corrected chi connectivity index (χ0v) is 17.0. The summed E-state index contributed by atoms with van der Waals surface area (Å²) in [5.41, 5.74) is 0.909. The molecule has 2 aromatic rings. The Morgan fingerprint density at radius 1 is 1.19 bits per heavy atom. The number of ether oxygens (including phenoxy) is 1. The van der Waals surface area contributed by atoms with Crippen LogP contribution in [0.2, 0.25) is 0 Å². The molecule has 2 saturated carbocycles. The molecule has 5 nitrogen and oxygen atoms in total. The lowest BCUT2D eigenvalue weighted by Gasteiger charge is -2.43. The third-order valence-corrected chi connectivity index (χ3v) is 6.04. The summed E-state index contributed by atoms with van der Waals surface area (Å²) < 4.78 is 69.5. The van der Waals surface area contributed by atoms with Crippen LogP contribution in [0.4, 0.5) is 27.8 Å². The van der Waals surface area contributed by atoms with Gasteiger partial charge in [0, 0.05) is 31.0 Å². The highest BCUT2D eigenvalue weighted by Gasteiger charge is 2.58. The fourth-order valence-corrected chi connectivity index (χ4v) is 4.38. The number of benzene rings is 1. The number of aryl methyl sites for hydroxylation is 1. The van der Waals surface area contributed by atoms with Crippen molar-refractivity contribution in [1.29, 1.82) is 0 Å². The molecule has 0 radical (unpaired) electrons. The number of carbonyl (C=O) groups is 1. The topological polar surface area (TPSA) is 56.2 Å². The van der Waals surface area contributed by atoms with Gasteiger partial charge in [-0.25, -0.2) is 8.78 Å². The Morgan fingerprint density at radius 3 is 2.29 bits per heavy atom. The summed E-state index contributed by atoms with van der Waals surface area (Å²) in [5, 5.41) is 7.14. The summed E-state index contributed by atoms with van der Waals surface area (Å²) in [6.07, 6.45) is -3.03. The highest BCUT2D eigenvalue weighted by molar-refractivity contribution is 5.96. The van der Waals surface area contributed by atoms with Gasteiger partial charge in [-0.2, -0.15) is 5.10 Å². The van der Waals surface area contributed by atoms with Crippen LogP contribution in [0.1, 0.15) is 50.5 Å². The first kappa shape index (κ1) is 21.6. The Balaban J connectivity index is 1.63. The van der Waals surface area contributed by atoms with E-state index in [-0.39, 0.29) is 11.7 Å². The fourth-order valence-electron chi connectivity index (χ4n) is 4.38. The molecule has 0 unspecified atom stereocenters. The predicted octanol–water partition coefficient (Wildman–Crippen LogP) is 5.63. The Kier molecular flexibility index (Phi) is 5.01. The molecule has 4 rings (SSSR count). The number of alkyl halides is 5. The molecule has 1 amide bonds. The number of rotatable bonds is 5. The van der Waals surface area contributed by atoms with Gasteiger partial charge in [0.1, 0.15) is 5.75 Å². The second-order valence-corrected chi connectivity index (χ2v) is 8.66. The molecule has 2 aliphatic carbocycles. The summed E-state index contributed by atoms with van der Waals surface area (Å²) >= 11 is 0. The number of anilines is 1. The van der Waals surface area contributed by atoms with Crippen LogP contribution in [0.15, 0.2) is 24.3 Å². The Labute approximate surface area is 175 Å². The molecular formula is C21H22F5N3O2. The van der Waals surface area contributed by atoms with Gasteiger partial charge in [-0.3, -0.25) is 9.48 Å². The van der Waals surface area contributed by atoms with Crippen molar-refractivity contribution < 1.29 is 31.5 Å². The molecule has 168 valence electrons. The number of halogens is 5. The van der Waals surface area contributed by atoms with Gasteiger partial charge in [0.05, 0.1) is 11.1 Å². The van der Waals surface area contributed by atoms with Crippen LogP contribution in [-0.2, 0) is 11.8 Å². The number of nitrogens with zero attached hydrogens (tertiary/aromatic N) is 2. The van der Waals surface area contributed by atoms with Crippen molar-refractivity contribution in [3.63, 3.8) is 0 Å². The number of hydrogen-bond acceptors (Lipinski definition) is 3. The molecule has 0 saturated heterocycles. The molecule has 2 fully saturated rings. The number of amides is 1. The minimum absolute atomic E-state index is 0.126. The molecule has 31 heavy (non-hydrogen) atoms. The van der Waals surface area contributed by atoms with Crippen molar-refractivity contribution in [1.82, 2.24) is 9.78 Å². The molecule has 0 spiro atoms. The monoisotopic (exact) mass is 443 g/mol. The standard InChI is InChI=1S/C21H22F5N3O2/c1-19(10-20(22,23)11-19)18(30)27-17-15(12-4-3-5-12)16(29(2)28-17)13-6-8-14(9-7-13)31-21(24,25)26/h6-9,12H,3-5,10-11H2,1-2H3,(H,27,28,30). The van der Waals surface area contributed by atoms with Gasteiger partial charge in [0.2, 0.25) is 11.8 Å². The Morgan fingerprint density at radius 2 is 1.81 bits per heavy atom. The second kappa shape index (κ2) is 7.20.